The summed E-state index contributed by atoms with van der Waals surface area (Å²) in [6.45, 7) is 4.26. The largest absolute Gasteiger partial charge is 0.401 e. The van der Waals surface area contributed by atoms with Crippen molar-refractivity contribution in [3.05, 3.63) is 0 Å². The molecule has 5 heteroatoms. The molecule has 0 bridgehead atoms. The maximum absolute atomic E-state index is 12.4. The molecule has 1 heterocycles. The number of hydrogen-bond acceptors (Lipinski definition) is 2. The quantitative estimate of drug-likeness (QED) is 0.802. The molecule has 1 saturated carbocycles. The van der Waals surface area contributed by atoms with E-state index >= 15 is 0 Å². The third-order valence-electron chi connectivity index (χ3n) is 4.89. The van der Waals surface area contributed by atoms with Gasteiger partial charge in [0, 0.05) is 25.7 Å². The van der Waals surface area contributed by atoms with Crippen LogP contribution in [-0.4, -0.2) is 43.3 Å². The van der Waals surface area contributed by atoms with Crippen LogP contribution >= 0.6 is 0 Å². The Labute approximate surface area is 126 Å². The number of halogens is 3. The number of nitrogens with zero attached hydrogens (tertiary/aromatic N) is 1. The molecular weight excluding hydrogens is 277 g/mol. The van der Waals surface area contributed by atoms with Gasteiger partial charge >= 0.3 is 6.18 Å². The summed E-state index contributed by atoms with van der Waals surface area (Å²) in [4.78, 5) is 2.42. The van der Waals surface area contributed by atoms with E-state index in [-0.39, 0.29) is 6.04 Å². The first-order valence-electron chi connectivity index (χ1n) is 8.48. The minimum Gasteiger partial charge on any atom is -0.305 e. The molecule has 1 aliphatic carbocycles. The lowest BCUT2D eigenvalue weighted by Gasteiger charge is -2.39. The van der Waals surface area contributed by atoms with Crippen molar-refractivity contribution in [2.75, 3.05) is 26.2 Å². The van der Waals surface area contributed by atoms with Gasteiger partial charge in [0.1, 0.15) is 0 Å². The van der Waals surface area contributed by atoms with E-state index in [1.54, 1.807) is 0 Å². The molecule has 124 valence electrons. The molecule has 2 rings (SSSR count). The summed E-state index contributed by atoms with van der Waals surface area (Å²) in [6.07, 6.45) is 4.29. The number of piperidine rings is 1. The van der Waals surface area contributed by atoms with Crippen molar-refractivity contribution in [1.82, 2.24) is 10.2 Å². The Hall–Kier alpha value is -0.290. The molecule has 2 nitrogen and oxygen atoms in total. The fraction of sp³-hybridized carbons (Fsp3) is 1.00. The lowest BCUT2D eigenvalue weighted by molar-refractivity contribution is -0.127. The van der Waals surface area contributed by atoms with Crippen molar-refractivity contribution in [2.24, 2.45) is 11.8 Å². The van der Waals surface area contributed by atoms with E-state index in [0.717, 1.165) is 44.8 Å². The molecule has 1 aliphatic heterocycles. The van der Waals surface area contributed by atoms with Gasteiger partial charge in [-0.2, -0.15) is 13.2 Å². The van der Waals surface area contributed by atoms with Crippen LogP contribution in [0.4, 0.5) is 13.2 Å². The highest BCUT2D eigenvalue weighted by Crippen LogP contribution is 2.28. The second-order valence-corrected chi connectivity index (χ2v) is 6.95. The number of rotatable bonds is 6. The molecule has 21 heavy (non-hydrogen) atoms. The van der Waals surface area contributed by atoms with Gasteiger partial charge in [-0.3, -0.25) is 0 Å². The summed E-state index contributed by atoms with van der Waals surface area (Å²) in [5, 5.41) is 2.74. The van der Waals surface area contributed by atoms with Crippen molar-refractivity contribution in [3.63, 3.8) is 0 Å². The highest BCUT2D eigenvalue weighted by atomic mass is 19.4. The van der Waals surface area contributed by atoms with Gasteiger partial charge in [-0.25, -0.2) is 0 Å². The molecule has 2 fully saturated rings. The standard InChI is InChI=1S/C16H29F3N2/c1-2-5-14-8-15(20-12-16(17,18)19)11-21(10-14)9-13-6-3-4-7-13/h13-15,20H,2-12H2,1H3. The molecule has 0 amide bonds. The maximum atomic E-state index is 12.4. The number of hydrogen-bond donors (Lipinski definition) is 1. The third-order valence-corrected chi connectivity index (χ3v) is 4.89. The Morgan fingerprint density at radius 1 is 1.10 bits per heavy atom. The number of alkyl halides is 3. The minimum absolute atomic E-state index is 0.00155. The van der Waals surface area contributed by atoms with Crippen LogP contribution in [0.2, 0.25) is 0 Å². The van der Waals surface area contributed by atoms with Crippen LogP contribution in [0.25, 0.3) is 0 Å². The maximum Gasteiger partial charge on any atom is 0.401 e. The van der Waals surface area contributed by atoms with Gasteiger partial charge in [-0.05, 0) is 37.5 Å². The summed E-state index contributed by atoms with van der Waals surface area (Å²) in [6, 6.07) is -0.00155. The monoisotopic (exact) mass is 306 g/mol. The Balaban J connectivity index is 1.84. The zero-order valence-corrected chi connectivity index (χ0v) is 13.1. The summed E-state index contributed by atoms with van der Waals surface area (Å²) in [5.41, 5.74) is 0. The van der Waals surface area contributed by atoms with Crippen LogP contribution in [-0.2, 0) is 0 Å². The summed E-state index contributed by atoms with van der Waals surface area (Å²) >= 11 is 0. The molecule has 0 aromatic carbocycles. The van der Waals surface area contributed by atoms with E-state index in [1.807, 2.05) is 0 Å². The Kier molecular flexibility index (Phi) is 6.35. The molecule has 0 aromatic heterocycles. The molecule has 0 spiro atoms. The zero-order chi connectivity index (χ0) is 15.3. The first-order valence-corrected chi connectivity index (χ1v) is 8.48. The second kappa shape index (κ2) is 7.82. The van der Waals surface area contributed by atoms with Crippen molar-refractivity contribution >= 4 is 0 Å². The smallest absolute Gasteiger partial charge is 0.305 e. The van der Waals surface area contributed by atoms with Crippen molar-refractivity contribution in [1.29, 1.82) is 0 Å². The minimum atomic E-state index is -4.10. The van der Waals surface area contributed by atoms with Crippen molar-refractivity contribution in [3.8, 4) is 0 Å². The molecule has 0 aromatic rings. The molecule has 2 atom stereocenters. The molecule has 1 saturated heterocycles. The van der Waals surface area contributed by atoms with E-state index in [4.69, 9.17) is 0 Å². The fourth-order valence-corrected chi connectivity index (χ4v) is 4.04. The highest BCUT2D eigenvalue weighted by molar-refractivity contribution is 4.85. The van der Waals surface area contributed by atoms with Gasteiger partial charge < -0.3 is 10.2 Å². The molecular formula is C16H29F3N2. The van der Waals surface area contributed by atoms with Gasteiger partial charge in [0.15, 0.2) is 0 Å². The van der Waals surface area contributed by atoms with Crippen LogP contribution in [0.15, 0.2) is 0 Å². The molecule has 2 unspecified atom stereocenters. The van der Waals surface area contributed by atoms with E-state index in [2.05, 4.69) is 17.1 Å². The Bertz CT molecular complexity index is 300. The highest BCUT2D eigenvalue weighted by Gasteiger charge is 2.32. The zero-order valence-electron chi connectivity index (χ0n) is 13.1. The molecule has 1 N–H and O–H groups in total. The molecule has 2 aliphatic rings. The normalized spacial score (nSPS) is 29.1. The first kappa shape index (κ1) is 17.1. The summed E-state index contributed by atoms with van der Waals surface area (Å²) in [5.74, 6) is 1.32. The third kappa shape index (κ3) is 6.15. The first-order chi connectivity index (χ1) is 9.96. The van der Waals surface area contributed by atoms with Gasteiger partial charge in [0.05, 0.1) is 6.54 Å². The summed E-state index contributed by atoms with van der Waals surface area (Å²) in [7, 11) is 0. The van der Waals surface area contributed by atoms with Crippen LogP contribution in [0, 0.1) is 11.8 Å². The van der Waals surface area contributed by atoms with Crippen LogP contribution < -0.4 is 5.32 Å². The van der Waals surface area contributed by atoms with Crippen LogP contribution in [0.3, 0.4) is 0 Å². The van der Waals surface area contributed by atoms with Gasteiger partial charge in [-0.15, -0.1) is 0 Å². The Morgan fingerprint density at radius 3 is 2.43 bits per heavy atom. The van der Waals surface area contributed by atoms with Gasteiger partial charge in [0.25, 0.3) is 0 Å². The van der Waals surface area contributed by atoms with Crippen molar-refractivity contribution < 1.29 is 13.2 Å². The SMILES string of the molecule is CCCC1CC(NCC(F)(F)F)CN(CC2CCCC2)C1. The average Bonchev–Trinajstić information content (AvgIpc) is 2.89. The van der Waals surface area contributed by atoms with Crippen LogP contribution in [0.5, 0.6) is 0 Å². The van der Waals surface area contributed by atoms with E-state index in [0.29, 0.717) is 5.92 Å². The fourth-order valence-electron chi connectivity index (χ4n) is 4.04. The number of nitrogens with one attached hydrogen (secondary N) is 1. The molecule has 0 radical (unpaired) electrons. The lowest BCUT2D eigenvalue weighted by atomic mass is 9.89. The lowest BCUT2D eigenvalue weighted by Crippen LogP contribution is -2.51. The van der Waals surface area contributed by atoms with Gasteiger partial charge in [0.2, 0.25) is 0 Å². The van der Waals surface area contributed by atoms with Crippen LogP contribution in [0.1, 0.15) is 51.9 Å². The van der Waals surface area contributed by atoms with Gasteiger partial charge in [-0.1, -0.05) is 26.2 Å². The average molecular weight is 306 g/mol. The van der Waals surface area contributed by atoms with E-state index < -0.39 is 12.7 Å². The predicted octanol–water partition coefficient (Wildman–Crippen LogP) is 3.82. The topological polar surface area (TPSA) is 15.3 Å². The Morgan fingerprint density at radius 2 is 1.81 bits per heavy atom. The number of likely N-dealkylation sites (tertiary alicyclic amines) is 1. The van der Waals surface area contributed by atoms with Crippen molar-refractivity contribution in [2.45, 2.75) is 64.1 Å². The second-order valence-electron chi connectivity index (χ2n) is 6.95. The summed E-state index contributed by atoms with van der Waals surface area (Å²) < 4.78 is 37.2. The predicted molar refractivity (Wildman–Crippen MR) is 79.3 cm³/mol. The van der Waals surface area contributed by atoms with E-state index in [1.165, 1.54) is 25.7 Å². The van der Waals surface area contributed by atoms with E-state index in [9.17, 15) is 13.2 Å².